The number of Topliss-reactive ketones (excluding diaryl/α,β-unsaturated/α-hetero) is 1. The second-order valence-corrected chi connectivity index (χ2v) is 6.85. The van der Waals surface area contributed by atoms with Gasteiger partial charge in [0.05, 0.1) is 6.10 Å². The number of benzene rings is 1. The van der Waals surface area contributed by atoms with Crippen LogP contribution in [0.2, 0.25) is 0 Å². The van der Waals surface area contributed by atoms with Crippen molar-refractivity contribution in [3.63, 3.8) is 0 Å². The highest BCUT2D eigenvalue weighted by Gasteiger charge is 2.22. The first kappa shape index (κ1) is 17.7. The third-order valence-corrected chi connectivity index (χ3v) is 4.24. The van der Waals surface area contributed by atoms with Crippen LogP contribution in [0.5, 0.6) is 0 Å². The number of aliphatic hydroxyl groups is 1. The molecular formula is C19H27NO3. The molecule has 1 fully saturated rings. The van der Waals surface area contributed by atoms with E-state index in [1.165, 1.54) is 5.56 Å². The van der Waals surface area contributed by atoms with Crippen LogP contribution in [0.15, 0.2) is 24.3 Å². The lowest BCUT2D eigenvalue weighted by molar-refractivity contribution is -0.134. The van der Waals surface area contributed by atoms with Gasteiger partial charge in [-0.3, -0.25) is 9.59 Å². The lowest BCUT2D eigenvalue weighted by Crippen LogP contribution is -2.42. The Morgan fingerprint density at radius 1 is 1.22 bits per heavy atom. The van der Waals surface area contributed by atoms with E-state index in [4.69, 9.17) is 0 Å². The van der Waals surface area contributed by atoms with Gasteiger partial charge in [-0.1, -0.05) is 38.1 Å². The summed E-state index contributed by atoms with van der Waals surface area (Å²) >= 11 is 0. The fourth-order valence-corrected chi connectivity index (χ4v) is 3.00. The van der Waals surface area contributed by atoms with Crippen LogP contribution in [0.1, 0.15) is 55.5 Å². The van der Waals surface area contributed by atoms with E-state index in [9.17, 15) is 14.7 Å². The van der Waals surface area contributed by atoms with Crippen molar-refractivity contribution in [3.8, 4) is 0 Å². The molecule has 4 heteroatoms. The van der Waals surface area contributed by atoms with E-state index in [0.717, 1.165) is 19.3 Å². The van der Waals surface area contributed by atoms with E-state index in [2.05, 4.69) is 13.8 Å². The van der Waals surface area contributed by atoms with Crippen LogP contribution in [0, 0.1) is 5.92 Å². The molecule has 0 spiro atoms. The quantitative estimate of drug-likeness (QED) is 0.821. The standard InChI is InChI=1S/C19H27NO3/c1-14(2)12-15-5-7-16(8-6-15)18(22)9-10-19(23)20-11-3-4-17(21)13-20/h5-8,14,17,21H,3-4,9-13H2,1-2H3. The van der Waals surface area contributed by atoms with Crippen LogP contribution in [0.3, 0.4) is 0 Å². The molecule has 1 aliphatic heterocycles. The minimum Gasteiger partial charge on any atom is -0.391 e. The summed E-state index contributed by atoms with van der Waals surface area (Å²) in [6.07, 6.45) is 2.62. The third kappa shape index (κ3) is 5.47. The number of likely N-dealkylation sites (tertiary alicyclic amines) is 1. The lowest BCUT2D eigenvalue weighted by Gasteiger charge is -2.30. The van der Waals surface area contributed by atoms with Crippen molar-refractivity contribution in [1.29, 1.82) is 0 Å². The highest BCUT2D eigenvalue weighted by molar-refractivity contribution is 5.98. The number of aliphatic hydroxyl groups excluding tert-OH is 1. The van der Waals surface area contributed by atoms with Gasteiger partial charge >= 0.3 is 0 Å². The zero-order chi connectivity index (χ0) is 16.8. The third-order valence-electron chi connectivity index (χ3n) is 4.24. The van der Waals surface area contributed by atoms with Gasteiger partial charge in [0.25, 0.3) is 0 Å². The maximum absolute atomic E-state index is 12.2. The molecule has 0 radical (unpaired) electrons. The molecule has 1 heterocycles. The molecule has 1 aromatic rings. The molecule has 1 saturated heterocycles. The molecule has 1 unspecified atom stereocenters. The highest BCUT2D eigenvalue weighted by atomic mass is 16.3. The van der Waals surface area contributed by atoms with E-state index >= 15 is 0 Å². The fraction of sp³-hybridized carbons (Fsp3) is 0.579. The minimum absolute atomic E-state index is 0.00649. The van der Waals surface area contributed by atoms with Gasteiger partial charge in [0, 0.05) is 31.5 Å². The van der Waals surface area contributed by atoms with Crippen LogP contribution >= 0.6 is 0 Å². The predicted molar refractivity (Wildman–Crippen MR) is 90.4 cm³/mol. The lowest BCUT2D eigenvalue weighted by atomic mass is 9.99. The van der Waals surface area contributed by atoms with E-state index in [-0.39, 0.29) is 24.5 Å². The van der Waals surface area contributed by atoms with Crippen LogP contribution in [-0.2, 0) is 11.2 Å². The number of amides is 1. The zero-order valence-corrected chi connectivity index (χ0v) is 14.1. The van der Waals surface area contributed by atoms with Gasteiger partial charge in [-0.2, -0.15) is 0 Å². The number of ketones is 1. The van der Waals surface area contributed by atoms with Crippen molar-refractivity contribution in [1.82, 2.24) is 4.90 Å². The van der Waals surface area contributed by atoms with Crippen LogP contribution < -0.4 is 0 Å². The Bertz CT molecular complexity index is 536. The molecule has 0 bridgehead atoms. The first-order valence-electron chi connectivity index (χ1n) is 8.53. The van der Waals surface area contributed by atoms with Gasteiger partial charge in [0.1, 0.15) is 0 Å². The first-order chi connectivity index (χ1) is 11.0. The molecule has 126 valence electrons. The van der Waals surface area contributed by atoms with Crippen LogP contribution in [0.25, 0.3) is 0 Å². The summed E-state index contributed by atoms with van der Waals surface area (Å²) in [6, 6.07) is 7.70. The summed E-state index contributed by atoms with van der Waals surface area (Å²) < 4.78 is 0. The zero-order valence-electron chi connectivity index (χ0n) is 14.1. The number of piperidine rings is 1. The van der Waals surface area contributed by atoms with Gasteiger partial charge in [0.15, 0.2) is 5.78 Å². The van der Waals surface area contributed by atoms with Crippen molar-refractivity contribution in [3.05, 3.63) is 35.4 Å². The summed E-state index contributed by atoms with van der Waals surface area (Å²) in [5.41, 5.74) is 1.90. The molecule has 0 aliphatic carbocycles. The second-order valence-electron chi connectivity index (χ2n) is 6.85. The maximum atomic E-state index is 12.2. The van der Waals surface area contributed by atoms with Gasteiger partial charge in [0.2, 0.25) is 5.91 Å². The summed E-state index contributed by atoms with van der Waals surface area (Å²) in [6.45, 7) is 5.43. The van der Waals surface area contributed by atoms with Gasteiger partial charge in [-0.15, -0.1) is 0 Å². The SMILES string of the molecule is CC(C)Cc1ccc(C(=O)CCC(=O)N2CCCC(O)C2)cc1. The van der Waals surface area contributed by atoms with E-state index < -0.39 is 6.10 Å². The normalized spacial score (nSPS) is 18.3. The van der Waals surface area contributed by atoms with Crippen LogP contribution in [0.4, 0.5) is 0 Å². The number of hydrogen-bond donors (Lipinski definition) is 1. The number of hydrogen-bond acceptors (Lipinski definition) is 3. The molecule has 2 rings (SSSR count). The summed E-state index contributed by atoms with van der Waals surface area (Å²) in [5.74, 6) is 0.564. The maximum Gasteiger partial charge on any atom is 0.223 e. The van der Waals surface area contributed by atoms with Gasteiger partial charge in [-0.25, -0.2) is 0 Å². The molecule has 1 aromatic carbocycles. The van der Waals surface area contributed by atoms with E-state index in [0.29, 0.717) is 24.6 Å². The molecule has 0 aromatic heterocycles. The molecule has 1 atom stereocenters. The minimum atomic E-state index is -0.420. The van der Waals surface area contributed by atoms with Crippen LogP contribution in [-0.4, -0.2) is 40.9 Å². The Morgan fingerprint density at radius 2 is 1.91 bits per heavy atom. The number of nitrogens with zero attached hydrogens (tertiary/aromatic N) is 1. The summed E-state index contributed by atoms with van der Waals surface area (Å²) in [5, 5.41) is 9.61. The Morgan fingerprint density at radius 3 is 2.52 bits per heavy atom. The smallest absolute Gasteiger partial charge is 0.223 e. The Kier molecular flexibility index (Phi) is 6.34. The van der Waals surface area contributed by atoms with Crippen molar-refractivity contribution in [2.75, 3.05) is 13.1 Å². The Hall–Kier alpha value is -1.68. The second kappa shape index (κ2) is 8.25. The first-order valence-corrected chi connectivity index (χ1v) is 8.53. The molecule has 4 nitrogen and oxygen atoms in total. The monoisotopic (exact) mass is 317 g/mol. The Labute approximate surface area is 138 Å². The number of carbonyl (C=O) groups excluding carboxylic acids is 2. The van der Waals surface area contributed by atoms with E-state index in [1.807, 2.05) is 24.3 Å². The largest absolute Gasteiger partial charge is 0.391 e. The molecule has 23 heavy (non-hydrogen) atoms. The highest BCUT2D eigenvalue weighted by Crippen LogP contribution is 2.14. The van der Waals surface area contributed by atoms with Crippen molar-refractivity contribution in [2.45, 2.75) is 52.1 Å². The molecular weight excluding hydrogens is 290 g/mol. The molecule has 1 N–H and O–H groups in total. The number of β-amino-alcohol motifs (C(OH)–C–C–N with tert-alkyl or cyclic N) is 1. The summed E-state index contributed by atoms with van der Waals surface area (Å²) in [4.78, 5) is 26.0. The molecule has 1 amide bonds. The number of carbonyl (C=O) groups is 2. The van der Waals surface area contributed by atoms with Crippen molar-refractivity contribution in [2.24, 2.45) is 5.92 Å². The average molecular weight is 317 g/mol. The predicted octanol–water partition coefficient (Wildman–Crippen LogP) is 2.83. The fourth-order valence-electron chi connectivity index (χ4n) is 3.00. The van der Waals surface area contributed by atoms with Gasteiger partial charge < -0.3 is 10.0 Å². The van der Waals surface area contributed by atoms with Gasteiger partial charge in [-0.05, 0) is 30.7 Å². The van der Waals surface area contributed by atoms with E-state index in [1.54, 1.807) is 4.90 Å². The van der Waals surface area contributed by atoms with Crippen molar-refractivity contribution >= 4 is 11.7 Å². The topological polar surface area (TPSA) is 57.6 Å². The molecule has 1 aliphatic rings. The average Bonchev–Trinajstić information content (AvgIpc) is 2.52. The van der Waals surface area contributed by atoms with Crippen molar-refractivity contribution < 1.29 is 14.7 Å². The molecule has 0 saturated carbocycles. The Balaban J connectivity index is 1.83. The number of rotatable bonds is 6. The summed E-state index contributed by atoms with van der Waals surface area (Å²) in [7, 11) is 0.